The summed E-state index contributed by atoms with van der Waals surface area (Å²) in [6, 6.07) is 10.1. The van der Waals surface area contributed by atoms with Gasteiger partial charge in [0.1, 0.15) is 13.2 Å². The largest absolute Gasteiger partial charge is 0.465 e. The second-order valence-corrected chi connectivity index (χ2v) is 20.8. The Bertz CT molecular complexity index is 1140. The lowest BCUT2D eigenvalue weighted by atomic mass is 9.41. The van der Waals surface area contributed by atoms with Gasteiger partial charge in [0, 0.05) is 12.3 Å². The van der Waals surface area contributed by atoms with Crippen molar-refractivity contribution in [3.63, 3.8) is 0 Å². The number of esters is 1. The molecular formula is C35H57NO5Si. The third kappa shape index (κ3) is 6.12. The van der Waals surface area contributed by atoms with Gasteiger partial charge in [0.05, 0.1) is 23.5 Å². The van der Waals surface area contributed by atoms with Crippen LogP contribution in [-0.4, -0.2) is 44.4 Å². The summed E-state index contributed by atoms with van der Waals surface area (Å²) >= 11 is 0. The molecule has 1 heterocycles. The highest BCUT2D eigenvalue weighted by Crippen LogP contribution is 2.66. The molecule has 6 nitrogen and oxygen atoms in total. The highest BCUT2D eigenvalue weighted by Gasteiger charge is 2.65. The summed E-state index contributed by atoms with van der Waals surface area (Å²) in [5.74, 6) is 0.168. The molecule has 3 fully saturated rings. The monoisotopic (exact) mass is 599 g/mol. The summed E-state index contributed by atoms with van der Waals surface area (Å²) in [5.41, 5.74) is 1.27. The molecule has 1 aromatic carbocycles. The molecule has 236 valence electrons. The second kappa shape index (κ2) is 11.7. The first-order valence-corrected chi connectivity index (χ1v) is 19.0. The van der Waals surface area contributed by atoms with Crippen molar-refractivity contribution in [2.45, 2.75) is 143 Å². The number of carbonyl (C=O) groups excluding carboxylic acids is 1. The first kappa shape index (κ1) is 33.2. The Hall–Kier alpha value is -1.70. The van der Waals surface area contributed by atoms with Gasteiger partial charge in [-0.15, -0.1) is 0 Å². The van der Waals surface area contributed by atoms with Crippen molar-refractivity contribution in [3.8, 4) is 0 Å². The van der Waals surface area contributed by atoms with E-state index in [4.69, 9.17) is 23.9 Å². The smallest absolute Gasteiger partial charge is 0.302 e. The van der Waals surface area contributed by atoms with E-state index in [0.717, 1.165) is 49.8 Å². The summed E-state index contributed by atoms with van der Waals surface area (Å²) in [7, 11) is -1.95. The Morgan fingerprint density at radius 3 is 2.31 bits per heavy atom. The first-order valence-electron chi connectivity index (χ1n) is 16.1. The third-order valence-corrected chi connectivity index (χ3v) is 16.6. The number of hydrogen-bond acceptors (Lipinski definition) is 6. The van der Waals surface area contributed by atoms with Crippen LogP contribution in [0.1, 0.15) is 106 Å². The maximum Gasteiger partial charge on any atom is 0.302 e. The van der Waals surface area contributed by atoms with Crippen molar-refractivity contribution in [3.05, 3.63) is 35.9 Å². The van der Waals surface area contributed by atoms with E-state index in [9.17, 15) is 4.79 Å². The van der Waals surface area contributed by atoms with Crippen molar-refractivity contribution >= 4 is 20.0 Å². The quantitative estimate of drug-likeness (QED) is 0.170. The van der Waals surface area contributed by atoms with E-state index < -0.39 is 13.7 Å². The lowest BCUT2D eigenvalue weighted by molar-refractivity contribution is -0.240. The third-order valence-electron chi connectivity index (χ3n) is 12.0. The molecule has 0 N–H and O–H groups in total. The van der Waals surface area contributed by atoms with Crippen LogP contribution >= 0.6 is 0 Å². The number of rotatable bonds is 8. The predicted molar refractivity (Wildman–Crippen MR) is 172 cm³/mol. The van der Waals surface area contributed by atoms with E-state index in [0.29, 0.717) is 19.1 Å². The van der Waals surface area contributed by atoms with Crippen molar-refractivity contribution < 1.29 is 23.5 Å². The number of hydrogen-bond donors (Lipinski definition) is 0. The van der Waals surface area contributed by atoms with Crippen LogP contribution in [0.4, 0.5) is 0 Å². The Balaban J connectivity index is 1.57. The number of ether oxygens (including phenoxy) is 2. The van der Waals surface area contributed by atoms with E-state index in [1.807, 2.05) is 30.3 Å². The lowest BCUT2D eigenvalue weighted by Crippen LogP contribution is -2.66. The zero-order valence-electron chi connectivity index (χ0n) is 28.3. The van der Waals surface area contributed by atoms with Gasteiger partial charge in [0.25, 0.3) is 0 Å². The SMILES string of the molecule is CC(=O)OC[C@@]1(C)/C(=N/OCc2ccccc2)CCC2[C@]3(C)CCC(C(C)(C)O[Si](C)(C)C(C)(C)C)OC3CC[C@@]21C. The lowest BCUT2D eigenvalue weighted by Gasteiger charge is -2.66. The molecule has 42 heavy (non-hydrogen) atoms. The fourth-order valence-electron chi connectivity index (χ4n) is 8.14. The van der Waals surface area contributed by atoms with Gasteiger partial charge in [-0.1, -0.05) is 77.0 Å². The normalized spacial score (nSPS) is 34.8. The zero-order valence-corrected chi connectivity index (χ0v) is 29.3. The molecule has 6 atom stereocenters. The molecule has 3 aliphatic rings. The molecular weight excluding hydrogens is 542 g/mol. The zero-order chi connectivity index (χ0) is 31.2. The molecule has 0 amide bonds. The number of benzene rings is 1. The Morgan fingerprint density at radius 2 is 1.69 bits per heavy atom. The Labute approximate surface area is 256 Å². The van der Waals surface area contributed by atoms with Crippen LogP contribution in [0.2, 0.25) is 18.1 Å². The first-order chi connectivity index (χ1) is 19.4. The van der Waals surface area contributed by atoms with Crippen LogP contribution in [0.15, 0.2) is 35.5 Å². The number of carbonyl (C=O) groups is 1. The predicted octanol–water partition coefficient (Wildman–Crippen LogP) is 8.69. The topological polar surface area (TPSA) is 66.4 Å². The van der Waals surface area contributed by atoms with E-state index in [1.54, 1.807) is 0 Å². The van der Waals surface area contributed by atoms with Gasteiger partial charge in [-0.3, -0.25) is 4.79 Å². The van der Waals surface area contributed by atoms with Gasteiger partial charge >= 0.3 is 5.97 Å². The summed E-state index contributed by atoms with van der Waals surface area (Å²) < 4.78 is 19.8. The molecule has 0 spiro atoms. The van der Waals surface area contributed by atoms with Crippen LogP contribution in [0, 0.1) is 22.2 Å². The van der Waals surface area contributed by atoms with Crippen molar-refractivity contribution in [2.24, 2.45) is 27.3 Å². The second-order valence-electron chi connectivity index (χ2n) is 16.1. The average molecular weight is 600 g/mol. The maximum atomic E-state index is 12.1. The summed E-state index contributed by atoms with van der Waals surface area (Å²) in [5, 5.41) is 4.90. The molecule has 2 aliphatic carbocycles. The van der Waals surface area contributed by atoms with Gasteiger partial charge in [0.2, 0.25) is 0 Å². The van der Waals surface area contributed by atoms with Gasteiger partial charge in [-0.05, 0) is 92.8 Å². The van der Waals surface area contributed by atoms with Crippen LogP contribution in [0.5, 0.6) is 0 Å². The minimum Gasteiger partial charge on any atom is -0.465 e. The fourth-order valence-corrected chi connectivity index (χ4v) is 9.89. The standard InChI is InChI=1S/C35H57NO5Si/c1-25(37)38-24-35(9)28(36-39-23-26-15-13-12-14-16-26)18-17-27-33(7)21-19-29(40-30(33)20-22-34(27,35)8)32(5,6)41-42(10,11)31(2,3)4/h12-16,27,29-30H,17-24H2,1-11H3/b36-28+/t27?,29?,30?,33-,34-,35-/m0/s1. The van der Waals surface area contributed by atoms with Gasteiger partial charge in [0.15, 0.2) is 8.32 Å². The average Bonchev–Trinajstić information content (AvgIpc) is 2.88. The molecule has 2 saturated carbocycles. The van der Waals surface area contributed by atoms with E-state index in [2.05, 4.69) is 68.5 Å². The van der Waals surface area contributed by atoms with Gasteiger partial charge in [-0.25, -0.2) is 0 Å². The molecule has 4 rings (SSSR count). The number of oxime groups is 1. The summed E-state index contributed by atoms with van der Waals surface area (Å²) in [6.07, 6.45) is 6.18. The molecule has 0 bridgehead atoms. The van der Waals surface area contributed by atoms with Crippen LogP contribution in [0.25, 0.3) is 0 Å². The van der Waals surface area contributed by atoms with Crippen LogP contribution < -0.4 is 0 Å². The Morgan fingerprint density at radius 1 is 1.02 bits per heavy atom. The van der Waals surface area contributed by atoms with E-state index in [1.165, 1.54) is 6.92 Å². The fraction of sp³-hybridized carbons (Fsp3) is 0.771. The van der Waals surface area contributed by atoms with Crippen LogP contribution in [0.3, 0.4) is 0 Å². The summed E-state index contributed by atoms with van der Waals surface area (Å²) in [4.78, 5) is 18.0. The van der Waals surface area contributed by atoms with Crippen molar-refractivity contribution in [1.29, 1.82) is 0 Å². The molecule has 0 aromatic heterocycles. The highest BCUT2D eigenvalue weighted by atomic mass is 28.4. The molecule has 1 aliphatic heterocycles. The van der Waals surface area contributed by atoms with Crippen LogP contribution in [-0.2, 0) is 30.1 Å². The molecule has 3 unspecified atom stereocenters. The van der Waals surface area contributed by atoms with E-state index >= 15 is 0 Å². The van der Waals surface area contributed by atoms with Crippen molar-refractivity contribution in [1.82, 2.24) is 0 Å². The number of nitrogens with zero attached hydrogens (tertiary/aromatic N) is 1. The molecule has 1 aromatic rings. The molecule has 1 saturated heterocycles. The Kier molecular flexibility index (Phi) is 9.22. The van der Waals surface area contributed by atoms with Gasteiger partial charge in [-0.2, -0.15) is 0 Å². The minimum absolute atomic E-state index is 0.0322. The highest BCUT2D eigenvalue weighted by molar-refractivity contribution is 6.74. The van der Waals surface area contributed by atoms with Gasteiger partial charge < -0.3 is 18.7 Å². The minimum atomic E-state index is -1.95. The summed E-state index contributed by atoms with van der Waals surface area (Å²) in [6.45, 7) is 25.4. The maximum absolute atomic E-state index is 12.1. The molecule has 7 heteroatoms. The molecule has 0 radical (unpaired) electrons. The van der Waals surface area contributed by atoms with Crippen molar-refractivity contribution in [2.75, 3.05) is 6.61 Å². The number of fused-ring (bicyclic) bond motifs is 3. The van der Waals surface area contributed by atoms with E-state index in [-0.39, 0.29) is 39.6 Å².